The number of ketones is 1. The summed E-state index contributed by atoms with van der Waals surface area (Å²) in [4.78, 5) is 93.5. The van der Waals surface area contributed by atoms with Gasteiger partial charge in [0.15, 0.2) is 5.78 Å². The molecule has 1 aromatic rings. The molecule has 14 nitrogen and oxygen atoms in total. The molecule has 0 radical (unpaired) electrons. The van der Waals surface area contributed by atoms with Crippen LogP contribution in [0.5, 0.6) is 5.75 Å². The molecular weight excluding hydrogens is 689 g/mol. The lowest BCUT2D eigenvalue weighted by molar-refractivity contribution is -0.162. The van der Waals surface area contributed by atoms with Gasteiger partial charge in [0.05, 0.1) is 26.1 Å². The summed E-state index contributed by atoms with van der Waals surface area (Å²) < 4.78 is 14.9. The number of amides is 4. The monoisotopic (exact) mass is 726 g/mol. The van der Waals surface area contributed by atoms with Crippen molar-refractivity contribution in [1.29, 1.82) is 0 Å². The van der Waals surface area contributed by atoms with Crippen molar-refractivity contribution in [1.82, 2.24) is 20.4 Å². The third-order valence-corrected chi connectivity index (χ3v) is 13.7. The van der Waals surface area contributed by atoms with E-state index in [1.807, 2.05) is 27.7 Å². The van der Waals surface area contributed by atoms with Crippen LogP contribution in [0, 0.1) is 0 Å². The van der Waals surface area contributed by atoms with Crippen LogP contribution in [0.15, 0.2) is 30.4 Å². The van der Waals surface area contributed by atoms with Gasteiger partial charge in [-0.25, -0.2) is 9.59 Å². The number of esters is 2. The van der Waals surface area contributed by atoms with Crippen LogP contribution in [-0.2, 0) is 54.9 Å². The number of fused-ring (bicyclic) bond motifs is 5. The van der Waals surface area contributed by atoms with Gasteiger partial charge in [-0.1, -0.05) is 18.2 Å². The zero-order valence-electron chi connectivity index (χ0n) is 28.3. The van der Waals surface area contributed by atoms with Crippen LogP contribution in [0.2, 0.25) is 0 Å². The van der Waals surface area contributed by atoms with E-state index in [2.05, 4.69) is 10.6 Å². The van der Waals surface area contributed by atoms with Gasteiger partial charge in [0.25, 0.3) is 0 Å². The van der Waals surface area contributed by atoms with Crippen LogP contribution < -0.4 is 15.4 Å². The first-order chi connectivity index (χ1) is 23.5. The Hall–Kier alpha value is -4.05. The second-order valence-electron chi connectivity index (χ2n) is 14.5. The van der Waals surface area contributed by atoms with Crippen molar-refractivity contribution < 1.29 is 47.8 Å². The molecule has 6 aliphatic rings. The van der Waals surface area contributed by atoms with Crippen molar-refractivity contribution in [3.8, 4) is 5.75 Å². The molecule has 4 saturated heterocycles. The van der Waals surface area contributed by atoms with Crippen LogP contribution in [-0.4, -0.2) is 116 Å². The van der Waals surface area contributed by atoms with Gasteiger partial charge in [0.2, 0.25) is 23.6 Å². The number of methoxy groups -OCH3 is 2. The van der Waals surface area contributed by atoms with Crippen LogP contribution in [0.25, 0.3) is 0 Å². The second kappa shape index (κ2) is 11.8. The van der Waals surface area contributed by atoms with Gasteiger partial charge in [0, 0.05) is 27.9 Å². The first kappa shape index (κ1) is 34.4. The van der Waals surface area contributed by atoms with E-state index in [4.69, 9.17) is 14.2 Å². The number of carbonyl (C=O) groups excluding carboxylic acids is 7. The summed E-state index contributed by atoms with van der Waals surface area (Å²) in [5.74, 6) is -2.23. The molecule has 6 unspecified atom stereocenters. The van der Waals surface area contributed by atoms with Gasteiger partial charge < -0.3 is 34.6 Å². The molecule has 16 heteroatoms. The third kappa shape index (κ3) is 5.11. The summed E-state index contributed by atoms with van der Waals surface area (Å²) in [6, 6.07) is 2.07. The number of ether oxygens (including phenoxy) is 3. The van der Waals surface area contributed by atoms with Gasteiger partial charge in [0.1, 0.15) is 46.8 Å². The van der Waals surface area contributed by atoms with E-state index < -0.39 is 79.7 Å². The molecular formula is C34H38N4O10S2. The highest BCUT2D eigenvalue weighted by Crippen LogP contribution is 2.53. The molecule has 4 amide bonds. The SMILES string of the molecule is COC(=O)C1N2C(=O)C(NC(=O)Cc3ccc4c(c3)[C@@]3(CC(=O)NC5C(=O)N6C5SC(C)(C)C6C(=O)OC)C=CC(=O)C[C@@H]3O4)C2SC1(C)C. The summed E-state index contributed by atoms with van der Waals surface area (Å²) >= 11 is 2.86. The van der Waals surface area contributed by atoms with E-state index in [0.29, 0.717) is 16.9 Å². The quantitative estimate of drug-likeness (QED) is 0.282. The first-order valence-electron chi connectivity index (χ1n) is 16.3. The molecule has 0 bridgehead atoms. The molecule has 0 spiro atoms. The lowest BCUT2D eigenvalue weighted by atomic mass is 9.69. The second-order valence-corrected chi connectivity index (χ2v) is 18.0. The minimum Gasteiger partial charge on any atom is -0.488 e. The molecule has 0 saturated carbocycles. The Morgan fingerprint density at radius 3 is 1.94 bits per heavy atom. The van der Waals surface area contributed by atoms with E-state index in [9.17, 15) is 33.6 Å². The van der Waals surface area contributed by atoms with Crippen molar-refractivity contribution in [2.45, 2.75) is 103 Å². The topological polar surface area (TPSA) is 178 Å². The van der Waals surface area contributed by atoms with E-state index in [1.165, 1.54) is 53.6 Å². The molecule has 50 heavy (non-hydrogen) atoms. The van der Waals surface area contributed by atoms with Gasteiger partial charge in [-0.15, -0.1) is 23.5 Å². The number of thioether (sulfide) groups is 2. The van der Waals surface area contributed by atoms with Crippen LogP contribution in [0.1, 0.15) is 51.7 Å². The van der Waals surface area contributed by atoms with Gasteiger partial charge >= 0.3 is 11.9 Å². The number of benzene rings is 1. The Morgan fingerprint density at radius 1 is 0.860 bits per heavy atom. The highest BCUT2D eigenvalue weighted by atomic mass is 32.2. The number of hydrogen-bond donors (Lipinski definition) is 2. The maximum atomic E-state index is 13.7. The molecule has 266 valence electrons. The highest BCUT2D eigenvalue weighted by molar-refractivity contribution is 8.02. The van der Waals surface area contributed by atoms with Crippen molar-refractivity contribution in [3.05, 3.63) is 41.5 Å². The van der Waals surface area contributed by atoms with Crippen LogP contribution in [0.3, 0.4) is 0 Å². The normalized spacial score (nSPS) is 33.6. The summed E-state index contributed by atoms with van der Waals surface area (Å²) in [5.41, 5.74) is 0.201. The fraction of sp³-hybridized carbons (Fsp3) is 0.559. The van der Waals surface area contributed by atoms with Crippen molar-refractivity contribution >= 4 is 64.9 Å². The van der Waals surface area contributed by atoms with Gasteiger partial charge in [-0.2, -0.15) is 0 Å². The predicted octanol–water partition coefficient (Wildman–Crippen LogP) is 0.587. The molecule has 7 rings (SSSR count). The van der Waals surface area contributed by atoms with Crippen molar-refractivity contribution in [2.24, 2.45) is 0 Å². The predicted molar refractivity (Wildman–Crippen MR) is 180 cm³/mol. The average Bonchev–Trinajstić information content (AvgIpc) is 3.61. The van der Waals surface area contributed by atoms with Crippen molar-refractivity contribution in [3.63, 3.8) is 0 Å². The average molecular weight is 727 g/mol. The lowest BCUT2D eigenvalue weighted by Crippen LogP contribution is -2.71. The standard InChI is InChI=1S/C34H38N4O10S2/c1-32(2)24(30(44)46-5)37-26(42)22(28(37)49-32)35-20(40)12-15-7-8-18-17(11-15)34(10-9-16(39)13-19(34)48-18)14-21(41)36-23-27(43)38-25(31(45)47-6)33(3,4)50-29(23)38/h7-11,19,22-25,28-29H,12-14H2,1-6H3,(H,35,40)(H,36,41)/t19-,22?,23?,24?,25?,28?,29?,34-/m0/s1. The Morgan fingerprint density at radius 2 is 1.40 bits per heavy atom. The summed E-state index contributed by atoms with van der Waals surface area (Å²) in [6.07, 6.45) is 2.27. The number of β-lactam (4-membered cyclic amide) rings is 2. The van der Waals surface area contributed by atoms with E-state index >= 15 is 0 Å². The van der Waals surface area contributed by atoms with Gasteiger partial charge in [-0.05, 0) is 45.4 Å². The van der Waals surface area contributed by atoms with Gasteiger partial charge in [-0.3, -0.25) is 24.0 Å². The summed E-state index contributed by atoms with van der Waals surface area (Å²) in [7, 11) is 2.56. The number of nitrogens with zero attached hydrogens (tertiary/aromatic N) is 2. The minimum atomic E-state index is -1.04. The van der Waals surface area contributed by atoms with E-state index in [-0.39, 0.29) is 36.9 Å². The van der Waals surface area contributed by atoms with Crippen molar-refractivity contribution in [2.75, 3.05) is 14.2 Å². The molecule has 5 heterocycles. The summed E-state index contributed by atoms with van der Waals surface area (Å²) in [5, 5.41) is 4.85. The Labute approximate surface area is 296 Å². The largest absolute Gasteiger partial charge is 0.488 e. The van der Waals surface area contributed by atoms with E-state index in [1.54, 1.807) is 24.3 Å². The molecule has 2 N–H and O–H groups in total. The fourth-order valence-corrected chi connectivity index (χ4v) is 11.4. The number of nitrogens with one attached hydrogen (secondary N) is 2. The molecule has 1 aromatic carbocycles. The van der Waals surface area contributed by atoms with Crippen LogP contribution in [0.4, 0.5) is 0 Å². The Kier molecular flexibility index (Phi) is 8.09. The third-order valence-electron chi connectivity index (χ3n) is 10.5. The van der Waals surface area contributed by atoms with E-state index in [0.717, 1.165) is 0 Å². The lowest BCUT2D eigenvalue weighted by Gasteiger charge is -2.44. The molecule has 8 atom stereocenters. The molecule has 1 aliphatic carbocycles. The molecule has 0 aromatic heterocycles. The first-order valence-corrected chi connectivity index (χ1v) is 18.1. The highest BCUT2D eigenvalue weighted by Gasteiger charge is 2.66. The number of carbonyl (C=O) groups is 7. The molecule has 4 fully saturated rings. The fourth-order valence-electron chi connectivity index (χ4n) is 8.14. The zero-order valence-corrected chi connectivity index (χ0v) is 30.0. The van der Waals surface area contributed by atoms with Crippen LogP contribution >= 0.6 is 23.5 Å². The number of allylic oxidation sites excluding steroid dienone is 1. The smallest absolute Gasteiger partial charge is 0.330 e. The Bertz CT molecular complexity index is 1780. The zero-order chi connectivity index (χ0) is 36.1. The maximum Gasteiger partial charge on any atom is 0.330 e. The maximum absolute atomic E-state index is 13.7. The number of rotatable bonds is 8. The number of hydrogen-bond acceptors (Lipinski definition) is 12. The molecule has 5 aliphatic heterocycles. The minimum absolute atomic E-state index is 0.0418. The summed E-state index contributed by atoms with van der Waals surface area (Å²) in [6.45, 7) is 7.44. The Balaban J connectivity index is 1.06.